The number of carbonyl (C=O) groups is 2. The van der Waals surface area contributed by atoms with E-state index in [4.69, 9.17) is 16.3 Å². The van der Waals surface area contributed by atoms with Gasteiger partial charge in [-0.15, -0.1) is 0 Å². The minimum atomic E-state index is -3.78. The Kier molecular flexibility index (Phi) is 9.95. The first-order valence-corrected chi connectivity index (χ1v) is 15.1. The summed E-state index contributed by atoms with van der Waals surface area (Å²) in [6, 6.07) is 14.1. The molecule has 4 rings (SSSR count). The summed E-state index contributed by atoms with van der Waals surface area (Å²) in [5.41, 5.74) is 1.38. The number of likely N-dealkylation sites (tertiary alicyclic amines) is 1. The third-order valence-electron chi connectivity index (χ3n) is 7.34. The van der Waals surface area contributed by atoms with Gasteiger partial charge in [0.1, 0.15) is 0 Å². The Morgan fingerprint density at radius 3 is 2.45 bits per heavy atom. The van der Waals surface area contributed by atoms with Crippen molar-refractivity contribution < 1.29 is 22.7 Å². The minimum absolute atomic E-state index is 0.0586. The van der Waals surface area contributed by atoms with Crippen LogP contribution in [0.1, 0.15) is 54.6 Å². The molecule has 0 saturated carbocycles. The Labute approximate surface area is 230 Å². The number of hydrogen-bond donors (Lipinski definition) is 1. The van der Waals surface area contributed by atoms with Gasteiger partial charge in [0, 0.05) is 36.3 Å². The van der Waals surface area contributed by atoms with Gasteiger partial charge in [-0.05, 0) is 69.5 Å². The lowest BCUT2D eigenvalue weighted by molar-refractivity contribution is -0.149. The van der Waals surface area contributed by atoms with Gasteiger partial charge in [0.05, 0.1) is 24.0 Å². The van der Waals surface area contributed by atoms with Crippen LogP contribution in [0.15, 0.2) is 53.4 Å². The van der Waals surface area contributed by atoms with Crippen LogP contribution in [0.5, 0.6) is 0 Å². The highest BCUT2D eigenvalue weighted by Gasteiger charge is 2.33. The average molecular weight is 562 g/mol. The average Bonchev–Trinajstić information content (AvgIpc) is 3.47. The number of carbonyl (C=O) groups excluding carboxylic acids is 2. The van der Waals surface area contributed by atoms with Crippen LogP contribution in [0.3, 0.4) is 0 Å². The summed E-state index contributed by atoms with van der Waals surface area (Å²) in [7, 11) is -3.78. The molecule has 2 aliphatic rings. The Morgan fingerprint density at radius 2 is 1.76 bits per heavy atom. The molecule has 0 amide bonds. The number of halogens is 1. The van der Waals surface area contributed by atoms with E-state index >= 15 is 0 Å². The first kappa shape index (κ1) is 28.7. The van der Waals surface area contributed by atoms with Crippen LogP contribution < -0.4 is 5.32 Å². The summed E-state index contributed by atoms with van der Waals surface area (Å²) < 4.78 is 33.0. The number of ether oxygens (including phenoxy) is 1. The molecule has 0 radical (unpaired) electrons. The lowest BCUT2D eigenvalue weighted by Gasteiger charge is -2.30. The van der Waals surface area contributed by atoms with Crippen molar-refractivity contribution in [2.45, 2.75) is 43.5 Å². The molecule has 1 atom stereocenters. The molecule has 0 spiro atoms. The predicted molar refractivity (Wildman–Crippen MR) is 147 cm³/mol. The predicted octanol–water partition coefficient (Wildman–Crippen LogP) is 3.91. The molecule has 2 fully saturated rings. The second-order valence-corrected chi connectivity index (χ2v) is 12.1. The summed E-state index contributed by atoms with van der Waals surface area (Å²) in [4.78, 5) is 27.5. The van der Waals surface area contributed by atoms with Crippen molar-refractivity contribution in [2.24, 2.45) is 5.92 Å². The molecule has 2 aromatic carbocycles. The fourth-order valence-electron chi connectivity index (χ4n) is 5.23. The van der Waals surface area contributed by atoms with E-state index in [1.165, 1.54) is 16.4 Å². The van der Waals surface area contributed by atoms with Crippen LogP contribution >= 0.6 is 11.6 Å². The van der Waals surface area contributed by atoms with Crippen molar-refractivity contribution in [3.8, 4) is 0 Å². The number of rotatable bonds is 11. The largest absolute Gasteiger partial charge is 0.466 e. The maximum absolute atomic E-state index is 13.3. The van der Waals surface area contributed by atoms with Gasteiger partial charge in [-0.3, -0.25) is 14.5 Å². The molecule has 38 heavy (non-hydrogen) atoms. The van der Waals surface area contributed by atoms with E-state index in [9.17, 15) is 18.0 Å². The van der Waals surface area contributed by atoms with Crippen LogP contribution in [0.2, 0.25) is 5.02 Å². The summed E-state index contributed by atoms with van der Waals surface area (Å²) in [5, 5.41) is 3.99. The van der Waals surface area contributed by atoms with E-state index in [1.54, 1.807) is 19.1 Å². The zero-order valence-electron chi connectivity index (χ0n) is 21.8. The number of piperidine rings is 1. The minimum Gasteiger partial charge on any atom is -0.466 e. The number of ketones is 1. The normalized spacial score (nSPS) is 18.4. The van der Waals surface area contributed by atoms with Crippen molar-refractivity contribution in [3.05, 3.63) is 64.7 Å². The fraction of sp³-hybridized carbons (Fsp3) is 0.500. The van der Waals surface area contributed by atoms with Crippen molar-refractivity contribution in [3.63, 3.8) is 0 Å². The SMILES string of the molecule is CCOC(=O)C1CCN(S(=O)(=O)c2cccc(C(=O)CNCC(c3ccccc3Cl)N3CCCC3)c2)CC1. The second-order valence-electron chi connectivity index (χ2n) is 9.79. The van der Waals surface area contributed by atoms with Crippen LogP contribution in [0, 0.1) is 5.92 Å². The highest BCUT2D eigenvalue weighted by Crippen LogP contribution is 2.30. The molecule has 8 nitrogen and oxygen atoms in total. The summed E-state index contributed by atoms with van der Waals surface area (Å²) >= 11 is 6.49. The number of nitrogens with zero attached hydrogens (tertiary/aromatic N) is 2. The molecule has 2 saturated heterocycles. The Bertz CT molecular complexity index is 1220. The van der Waals surface area contributed by atoms with Crippen LogP contribution in [0.4, 0.5) is 0 Å². The molecule has 206 valence electrons. The van der Waals surface area contributed by atoms with Crippen LogP contribution in [0.25, 0.3) is 0 Å². The summed E-state index contributed by atoms with van der Waals surface area (Å²) in [5.74, 6) is -0.732. The number of esters is 1. The maximum Gasteiger partial charge on any atom is 0.309 e. The van der Waals surface area contributed by atoms with Gasteiger partial charge in [-0.25, -0.2) is 8.42 Å². The Morgan fingerprint density at radius 1 is 1.05 bits per heavy atom. The zero-order chi connectivity index (χ0) is 27.1. The van der Waals surface area contributed by atoms with E-state index in [1.807, 2.05) is 24.3 Å². The molecule has 1 unspecified atom stereocenters. The third-order valence-corrected chi connectivity index (χ3v) is 9.58. The van der Waals surface area contributed by atoms with Crippen LogP contribution in [-0.2, 0) is 19.6 Å². The lowest BCUT2D eigenvalue weighted by Crippen LogP contribution is -2.40. The van der Waals surface area contributed by atoms with Crippen LogP contribution in [-0.4, -0.2) is 75.3 Å². The van der Waals surface area contributed by atoms with E-state index in [-0.39, 0.29) is 48.2 Å². The number of hydrogen-bond acceptors (Lipinski definition) is 7. The second kappa shape index (κ2) is 13.2. The van der Waals surface area contributed by atoms with E-state index in [0.717, 1.165) is 31.5 Å². The van der Waals surface area contributed by atoms with E-state index in [2.05, 4.69) is 10.2 Å². The van der Waals surface area contributed by atoms with E-state index < -0.39 is 10.0 Å². The molecule has 0 aliphatic carbocycles. The monoisotopic (exact) mass is 561 g/mol. The number of sulfonamides is 1. The number of benzene rings is 2. The lowest BCUT2D eigenvalue weighted by atomic mass is 9.98. The number of nitrogens with one attached hydrogen (secondary N) is 1. The molecule has 2 aliphatic heterocycles. The van der Waals surface area contributed by atoms with Crippen molar-refractivity contribution in [1.82, 2.24) is 14.5 Å². The van der Waals surface area contributed by atoms with E-state index in [0.29, 0.717) is 36.6 Å². The zero-order valence-corrected chi connectivity index (χ0v) is 23.3. The fourth-order valence-corrected chi connectivity index (χ4v) is 7.01. The van der Waals surface area contributed by atoms with Gasteiger partial charge >= 0.3 is 5.97 Å². The molecule has 0 aromatic heterocycles. The highest BCUT2D eigenvalue weighted by atomic mass is 35.5. The molecule has 1 N–H and O–H groups in total. The molecular formula is C28H36ClN3O5S. The van der Waals surface area contributed by atoms with Crippen molar-refractivity contribution in [1.29, 1.82) is 0 Å². The Balaban J connectivity index is 1.38. The summed E-state index contributed by atoms with van der Waals surface area (Å²) in [6.45, 7) is 5.17. The summed E-state index contributed by atoms with van der Waals surface area (Å²) in [6.07, 6.45) is 3.12. The van der Waals surface area contributed by atoms with Gasteiger partial charge < -0.3 is 10.1 Å². The van der Waals surface area contributed by atoms with Crippen molar-refractivity contribution >= 4 is 33.4 Å². The molecule has 2 aromatic rings. The molecule has 2 heterocycles. The standard InChI is InChI=1S/C28H36ClN3O5S/c1-2-37-28(34)21-12-16-32(17-13-21)38(35,36)23-9-7-8-22(18-23)27(33)20-30-19-26(31-14-5-6-15-31)24-10-3-4-11-25(24)29/h3-4,7-11,18,21,26,30H,2,5-6,12-17,19-20H2,1H3. The first-order valence-electron chi connectivity index (χ1n) is 13.3. The van der Waals surface area contributed by atoms with Gasteiger partial charge in [0.15, 0.2) is 5.78 Å². The number of Topliss-reactive ketones (excluding diaryl/α,β-unsaturated/α-hetero) is 1. The van der Waals surface area contributed by atoms with Gasteiger partial charge in [0.25, 0.3) is 0 Å². The van der Waals surface area contributed by atoms with Crippen molar-refractivity contribution in [2.75, 3.05) is 45.9 Å². The highest BCUT2D eigenvalue weighted by molar-refractivity contribution is 7.89. The van der Waals surface area contributed by atoms with Gasteiger partial charge in [-0.1, -0.05) is 41.9 Å². The third kappa shape index (κ3) is 6.82. The molecule has 10 heteroatoms. The molecule has 0 bridgehead atoms. The quantitative estimate of drug-likeness (QED) is 0.328. The topological polar surface area (TPSA) is 96.0 Å². The maximum atomic E-state index is 13.3. The smallest absolute Gasteiger partial charge is 0.309 e. The van der Waals surface area contributed by atoms with Gasteiger partial charge in [-0.2, -0.15) is 4.31 Å². The Hall–Kier alpha value is -2.30. The molecular weight excluding hydrogens is 526 g/mol. The van der Waals surface area contributed by atoms with Gasteiger partial charge in [0.2, 0.25) is 10.0 Å². The first-order chi connectivity index (χ1) is 18.3.